The van der Waals surface area contributed by atoms with Crippen molar-refractivity contribution in [2.75, 3.05) is 19.0 Å². The van der Waals surface area contributed by atoms with Gasteiger partial charge >= 0.3 is 5.97 Å². The summed E-state index contributed by atoms with van der Waals surface area (Å²) < 4.78 is 10.2. The predicted octanol–water partition coefficient (Wildman–Crippen LogP) is 3.51. The number of hydrogen-bond acceptors (Lipinski definition) is 5. The Labute approximate surface area is 176 Å². The van der Waals surface area contributed by atoms with Crippen LogP contribution in [0.1, 0.15) is 49.0 Å². The molecule has 2 aromatic carbocycles. The average molecular weight is 412 g/mol. The van der Waals surface area contributed by atoms with Crippen LogP contribution in [0.25, 0.3) is 0 Å². The summed E-state index contributed by atoms with van der Waals surface area (Å²) in [7, 11) is 1.50. The second kappa shape index (κ2) is 11.0. The smallest absolute Gasteiger partial charge is 0.326 e. The third-order valence-corrected chi connectivity index (χ3v) is 4.76. The number of carbonyl (C=O) groups excluding carboxylic acids is 3. The molecule has 7 heteroatoms. The van der Waals surface area contributed by atoms with Crippen molar-refractivity contribution >= 4 is 23.5 Å². The van der Waals surface area contributed by atoms with Crippen LogP contribution >= 0.6 is 0 Å². The van der Waals surface area contributed by atoms with Gasteiger partial charge < -0.3 is 20.1 Å². The van der Waals surface area contributed by atoms with Gasteiger partial charge in [0, 0.05) is 11.3 Å². The molecule has 0 aliphatic rings. The number of esters is 1. The molecule has 160 valence electrons. The van der Waals surface area contributed by atoms with Crippen LogP contribution in [0, 0.1) is 0 Å². The van der Waals surface area contributed by atoms with Crippen molar-refractivity contribution in [1.82, 2.24) is 5.32 Å². The Morgan fingerprint density at radius 3 is 2.47 bits per heavy atom. The summed E-state index contributed by atoms with van der Waals surface area (Å²) in [6.45, 7) is 5.30. The third kappa shape index (κ3) is 6.34. The van der Waals surface area contributed by atoms with E-state index in [-0.39, 0.29) is 12.5 Å². The Kier molecular flexibility index (Phi) is 8.41. The molecule has 2 amide bonds. The van der Waals surface area contributed by atoms with E-state index in [0.29, 0.717) is 17.0 Å². The number of ether oxygens (including phenoxy) is 2. The second-order valence-corrected chi connectivity index (χ2v) is 6.93. The van der Waals surface area contributed by atoms with E-state index < -0.39 is 23.9 Å². The summed E-state index contributed by atoms with van der Waals surface area (Å²) in [6.07, 6.45) is -0.0686. The zero-order valence-corrected chi connectivity index (χ0v) is 17.7. The highest BCUT2D eigenvalue weighted by Gasteiger charge is 2.20. The minimum atomic E-state index is -1.00. The van der Waals surface area contributed by atoms with Gasteiger partial charge in [0.2, 0.25) is 0 Å². The molecule has 30 heavy (non-hydrogen) atoms. The zero-order valence-electron chi connectivity index (χ0n) is 17.7. The van der Waals surface area contributed by atoms with E-state index in [1.807, 2.05) is 24.3 Å². The summed E-state index contributed by atoms with van der Waals surface area (Å²) in [4.78, 5) is 36.7. The first kappa shape index (κ1) is 22.9. The van der Waals surface area contributed by atoms with E-state index in [9.17, 15) is 14.4 Å². The lowest BCUT2D eigenvalue weighted by Gasteiger charge is -2.18. The van der Waals surface area contributed by atoms with E-state index in [0.717, 1.165) is 12.0 Å². The van der Waals surface area contributed by atoms with E-state index in [1.165, 1.54) is 14.0 Å². The molecule has 0 aromatic heterocycles. The molecule has 0 fully saturated rings. The van der Waals surface area contributed by atoms with Gasteiger partial charge in [-0.25, -0.2) is 0 Å². The van der Waals surface area contributed by atoms with Crippen LogP contribution in [0.2, 0.25) is 0 Å². The van der Waals surface area contributed by atoms with Gasteiger partial charge in [-0.15, -0.1) is 0 Å². The molecule has 2 atom stereocenters. The van der Waals surface area contributed by atoms with Crippen LogP contribution in [0.5, 0.6) is 5.75 Å². The molecule has 0 saturated heterocycles. The first-order valence-corrected chi connectivity index (χ1v) is 9.87. The van der Waals surface area contributed by atoms with Crippen LogP contribution in [0.3, 0.4) is 0 Å². The van der Waals surface area contributed by atoms with Gasteiger partial charge in [0.15, 0.2) is 6.10 Å². The number of carbonyl (C=O) groups is 3. The molecule has 0 aliphatic heterocycles. The van der Waals surface area contributed by atoms with Crippen LogP contribution in [-0.4, -0.2) is 37.5 Å². The lowest BCUT2D eigenvalue weighted by molar-refractivity contribution is -0.152. The van der Waals surface area contributed by atoms with Gasteiger partial charge in [-0.3, -0.25) is 14.4 Å². The Morgan fingerprint density at radius 2 is 1.77 bits per heavy atom. The number of methoxy groups -OCH3 is 1. The number of rotatable bonds is 9. The van der Waals surface area contributed by atoms with Crippen LogP contribution < -0.4 is 15.4 Å². The maximum absolute atomic E-state index is 12.5. The Bertz CT molecular complexity index is 897. The van der Waals surface area contributed by atoms with E-state index in [2.05, 4.69) is 24.5 Å². The van der Waals surface area contributed by atoms with Gasteiger partial charge in [0.25, 0.3) is 11.8 Å². The van der Waals surface area contributed by atoms with Crippen molar-refractivity contribution in [3.8, 4) is 5.75 Å². The molecular weight excluding hydrogens is 384 g/mol. The highest BCUT2D eigenvalue weighted by Crippen LogP contribution is 2.26. The highest BCUT2D eigenvalue weighted by molar-refractivity contribution is 5.97. The first-order valence-electron chi connectivity index (χ1n) is 9.87. The van der Waals surface area contributed by atoms with Crippen molar-refractivity contribution < 1.29 is 23.9 Å². The van der Waals surface area contributed by atoms with Crippen molar-refractivity contribution in [1.29, 1.82) is 0 Å². The van der Waals surface area contributed by atoms with Crippen molar-refractivity contribution in [2.24, 2.45) is 0 Å². The molecule has 0 spiro atoms. The average Bonchev–Trinajstić information content (AvgIpc) is 2.77. The van der Waals surface area contributed by atoms with E-state index in [1.54, 1.807) is 24.3 Å². The van der Waals surface area contributed by atoms with Crippen LogP contribution in [0.4, 0.5) is 5.69 Å². The zero-order chi connectivity index (χ0) is 22.1. The molecule has 0 bridgehead atoms. The predicted molar refractivity (Wildman–Crippen MR) is 115 cm³/mol. The van der Waals surface area contributed by atoms with Crippen LogP contribution in [-0.2, 0) is 14.3 Å². The Balaban J connectivity index is 1.88. The van der Waals surface area contributed by atoms with E-state index >= 15 is 0 Å². The lowest BCUT2D eigenvalue weighted by Crippen LogP contribution is -2.36. The van der Waals surface area contributed by atoms with Gasteiger partial charge in [0.05, 0.1) is 7.11 Å². The molecule has 2 rings (SSSR count). The largest absolute Gasteiger partial charge is 0.497 e. The standard InChI is InChI=1S/C23H28N2O5/c1-5-15(2)19-11-6-7-12-20(19)25-22(27)16(3)30-21(26)14-24-23(28)17-9-8-10-18(13-17)29-4/h6-13,15-16H,5,14H2,1-4H3,(H,24,28)(H,25,27)/t15-,16+/m0/s1. The molecule has 2 N–H and O–H groups in total. The normalized spacial score (nSPS) is 12.4. The van der Waals surface area contributed by atoms with Gasteiger partial charge in [-0.2, -0.15) is 0 Å². The van der Waals surface area contributed by atoms with Crippen molar-refractivity contribution in [2.45, 2.75) is 39.2 Å². The Hall–Kier alpha value is -3.35. The molecule has 7 nitrogen and oxygen atoms in total. The maximum Gasteiger partial charge on any atom is 0.326 e. The fourth-order valence-corrected chi connectivity index (χ4v) is 2.81. The fraction of sp³-hybridized carbons (Fsp3) is 0.348. The summed E-state index contributed by atoms with van der Waals surface area (Å²) in [5.41, 5.74) is 2.08. The van der Waals surface area contributed by atoms with Gasteiger partial charge in [-0.05, 0) is 49.1 Å². The number of hydrogen-bond donors (Lipinski definition) is 2. The minimum Gasteiger partial charge on any atom is -0.497 e. The number of amides is 2. The SMILES string of the molecule is CC[C@H](C)c1ccccc1NC(=O)[C@@H](C)OC(=O)CNC(=O)c1cccc(OC)c1. The van der Waals surface area contributed by atoms with Gasteiger partial charge in [-0.1, -0.05) is 38.1 Å². The monoisotopic (exact) mass is 412 g/mol. The highest BCUT2D eigenvalue weighted by atomic mass is 16.5. The molecule has 0 aliphatic carbocycles. The topological polar surface area (TPSA) is 93.7 Å². The summed E-state index contributed by atoms with van der Waals surface area (Å²) in [5.74, 6) is -0.757. The third-order valence-electron chi connectivity index (χ3n) is 4.76. The van der Waals surface area contributed by atoms with Gasteiger partial charge in [0.1, 0.15) is 12.3 Å². The summed E-state index contributed by atoms with van der Waals surface area (Å²) in [5, 5.41) is 5.29. The second-order valence-electron chi connectivity index (χ2n) is 6.93. The molecule has 2 aromatic rings. The van der Waals surface area contributed by atoms with Crippen molar-refractivity contribution in [3.63, 3.8) is 0 Å². The minimum absolute atomic E-state index is 0.283. The number of anilines is 1. The summed E-state index contributed by atoms with van der Waals surface area (Å²) >= 11 is 0. The summed E-state index contributed by atoms with van der Waals surface area (Å²) in [6, 6.07) is 14.1. The molecule has 0 heterocycles. The number of nitrogens with one attached hydrogen (secondary N) is 2. The van der Waals surface area contributed by atoms with Crippen molar-refractivity contribution in [3.05, 3.63) is 59.7 Å². The first-order chi connectivity index (χ1) is 14.3. The molecule has 0 saturated carbocycles. The quantitative estimate of drug-likeness (QED) is 0.615. The molecular formula is C23H28N2O5. The Morgan fingerprint density at radius 1 is 1.03 bits per heavy atom. The maximum atomic E-state index is 12.5. The molecule has 0 radical (unpaired) electrons. The van der Waals surface area contributed by atoms with E-state index in [4.69, 9.17) is 9.47 Å². The fourth-order valence-electron chi connectivity index (χ4n) is 2.81. The number of para-hydroxylation sites is 1. The lowest BCUT2D eigenvalue weighted by atomic mass is 9.97. The molecule has 0 unspecified atom stereocenters. The number of benzene rings is 2. The van der Waals surface area contributed by atoms with Crippen LogP contribution in [0.15, 0.2) is 48.5 Å².